The van der Waals surface area contributed by atoms with Gasteiger partial charge < -0.3 is 11.1 Å². The van der Waals surface area contributed by atoms with E-state index in [4.69, 9.17) is 5.73 Å². The van der Waals surface area contributed by atoms with Gasteiger partial charge in [-0.05, 0) is 30.5 Å². The summed E-state index contributed by atoms with van der Waals surface area (Å²) in [6.45, 7) is 0. The molecule has 0 aliphatic heterocycles. The van der Waals surface area contributed by atoms with Gasteiger partial charge in [0.1, 0.15) is 0 Å². The number of benzene rings is 2. The third kappa shape index (κ3) is 2.37. The molecule has 0 saturated heterocycles. The van der Waals surface area contributed by atoms with E-state index >= 15 is 0 Å². The van der Waals surface area contributed by atoms with E-state index in [1.807, 2.05) is 30.3 Å². The van der Waals surface area contributed by atoms with Crippen LogP contribution in [0.5, 0.6) is 0 Å². The van der Waals surface area contributed by atoms with Gasteiger partial charge in [0.25, 0.3) is 5.91 Å². The molecule has 112 valence electrons. The highest BCUT2D eigenvalue weighted by molar-refractivity contribution is 6.06. The Hall–Kier alpha value is -2.62. The van der Waals surface area contributed by atoms with Crippen LogP contribution in [-0.4, -0.2) is 11.8 Å². The van der Waals surface area contributed by atoms with Gasteiger partial charge >= 0.3 is 0 Å². The van der Waals surface area contributed by atoms with Crippen LogP contribution in [0.3, 0.4) is 0 Å². The van der Waals surface area contributed by atoms with Gasteiger partial charge in [0.2, 0.25) is 5.91 Å². The largest absolute Gasteiger partial charge is 0.366 e. The van der Waals surface area contributed by atoms with Crippen LogP contribution in [0.2, 0.25) is 0 Å². The molecule has 0 bridgehead atoms. The summed E-state index contributed by atoms with van der Waals surface area (Å²) < 4.78 is 0. The van der Waals surface area contributed by atoms with Gasteiger partial charge in [-0.1, -0.05) is 48.9 Å². The molecule has 3 rings (SSSR count). The van der Waals surface area contributed by atoms with Gasteiger partial charge in [-0.15, -0.1) is 0 Å². The maximum absolute atomic E-state index is 12.8. The van der Waals surface area contributed by atoms with Crippen molar-refractivity contribution in [1.82, 2.24) is 0 Å². The molecule has 2 aromatic rings. The van der Waals surface area contributed by atoms with E-state index in [-0.39, 0.29) is 5.91 Å². The van der Waals surface area contributed by atoms with Crippen LogP contribution >= 0.6 is 0 Å². The average molecular weight is 294 g/mol. The molecule has 0 radical (unpaired) electrons. The number of para-hydroxylation sites is 1. The first-order chi connectivity index (χ1) is 10.6. The van der Waals surface area contributed by atoms with Gasteiger partial charge in [-0.25, -0.2) is 0 Å². The SMILES string of the molecule is NC(=O)c1ccccc1NC(=O)C1(c2ccccc2)CCC1. The molecule has 0 spiro atoms. The molecule has 1 aliphatic carbocycles. The Labute approximate surface area is 129 Å². The summed E-state index contributed by atoms with van der Waals surface area (Å²) in [6.07, 6.45) is 2.67. The van der Waals surface area contributed by atoms with Crippen molar-refractivity contribution in [3.63, 3.8) is 0 Å². The normalized spacial score (nSPS) is 15.6. The first-order valence-corrected chi connectivity index (χ1v) is 7.39. The summed E-state index contributed by atoms with van der Waals surface area (Å²) in [7, 11) is 0. The average Bonchev–Trinajstić information content (AvgIpc) is 2.47. The second-order valence-corrected chi connectivity index (χ2v) is 5.67. The number of nitrogens with one attached hydrogen (secondary N) is 1. The minimum atomic E-state index is -0.543. The summed E-state index contributed by atoms with van der Waals surface area (Å²) >= 11 is 0. The number of hydrogen-bond acceptors (Lipinski definition) is 2. The number of amides is 2. The topological polar surface area (TPSA) is 72.2 Å². The van der Waals surface area contributed by atoms with Crippen molar-refractivity contribution in [2.75, 3.05) is 5.32 Å². The second kappa shape index (κ2) is 5.64. The van der Waals surface area contributed by atoms with E-state index < -0.39 is 11.3 Å². The van der Waals surface area contributed by atoms with Crippen LogP contribution in [0.15, 0.2) is 54.6 Å². The summed E-state index contributed by atoms with van der Waals surface area (Å²) in [6, 6.07) is 16.6. The Morgan fingerprint density at radius 3 is 2.18 bits per heavy atom. The van der Waals surface area contributed by atoms with Gasteiger partial charge in [0, 0.05) is 0 Å². The number of hydrogen-bond donors (Lipinski definition) is 2. The molecule has 3 N–H and O–H groups in total. The fourth-order valence-corrected chi connectivity index (χ4v) is 2.98. The van der Waals surface area contributed by atoms with Crippen molar-refractivity contribution < 1.29 is 9.59 Å². The lowest BCUT2D eigenvalue weighted by Gasteiger charge is -2.40. The lowest BCUT2D eigenvalue weighted by molar-refractivity contribution is -0.124. The first-order valence-electron chi connectivity index (χ1n) is 7.39. The zero-order valence-electron chi connectivity index (χ0n) is 12.2. The summed E-state index contributed by atoms with van der Waals surface area (Å²) in [5.41, 5.74) is 6.70. The van der Waals surface area contributed by atoms with Gasteiger partial charge in [-0.2, -0.15) is 0 Å². The monoisotopic (exact) mass is 294 g/mol. The predicted octanol–water partition coefficient (Wildman–Crippen LogP) is 2.85. The lowest BCUT2D eigenvalue weighted by Crippen LogP contribution is -2.46. The highest BCUT2D eigenvalue weighted by atomic mass is 16.2. The lowest BCUT2D eigenvalue weighted by atomic mass is 9.64. The minimum Gasteiger partial charge on any atom is -0.366 e. The molecular weight excluding hydrogens is 276 g/mol. The highest BCUT2D eigenvalue weighted by Crippen LogP contribution is 2.44. The molecule has 1 saturated carbocycles. The maximum Gasteiger partial charge on any atom is 0.250 e. The van der Waals surface area contributed by atoms with Crippen LogP contribution in [0.1, 0.15) is 35.2 Å². The minimum absolute atomic E-state index is 0.0707. The molecule has 2 amide bonds. The summed E-state index contributed by atoms with van der Waals surface area (Å²) in [4.78, 5) is 24.3. The van der Waals surface area contributed by atoms with Crippen LogP contribution < -0.4 is 11.1 Å². The maximum atomic E-state index is 12.8. The third-order valence-electron chi connectivity index (χ3n) is 4.41. The number of primary amides is 1. The number of anilines is 1. The molecule has 22 heavy (non-hydrogen) atoms. The van der Waals surface area contributed by atoms with Crippen LogP contribution in [0, 0.1) is 0 Å². The molecule has 0 atom stereocenters. The van der Waals surface area contributed by atoms with Crippen molar-refractivity contribution >= 4 is 17.5 Å². The molecular formula is C18H18N2O2. The zero-order valence-corrected chi connectivity index (χ0v) is 12.2. The van der Waals surface area contributed by atoms with Crippen LogP contribution in [0.4, 0.5) is 5.69 Å². The third-order valence-corrected chi connectivity index (χ3v) is 4.41. The van der Waals surface area contributed by atoms with E-state index in [0.29, 0.717) is 11.3 Å². The molecule has 4 nitrogen and oxygen atoms in total. The van der Waals surface area contributed by atoms with Crippen molar-refractivity contribution in [2.45, 2.75) is 24.7 Å². The number of carbonyl (C=O) groups is 2. The number of carbonyl (C=O) groups excluding carboxylic acids is 2. The van der Waals surface area contributed by atoms with E-state index in [1.165, 1.54) is 0 Å². The molecule has 0 aromatic heterocycles. The predicted molar refractivity (Wildman–Crippen MR) is 85.6 cm³/mol. The van der Waals surface area contributed by atoms with Crippen molar-refractivity contribution in [3.8, 4) is 0 Å². The zero-order chi connectivity index (χ0) is 15.6. The Bertz CT molecular complexity index is 706. The van der Waals surface area contributed by atoms with E-state index in [1.54, 1.807) is 24.3 Å². The molecule has 1 aliphatic rings. The summed E-state index contributed by atoms with van der Waals surface area (Å²) in [5.74, 6) is -0.614. The molecule has 2 aromatic carbocycles. The quantitative estimate of drug-likeness (QED) is 0.910. The molecule has 1 fully saturated rings. The van der Waals surface area contributed by atoms with Gasteiger partial charge in [0.15, 0.2) is 0 Å². The van der Waals surface area contributed by atoms with E-state index in [9.17, 15) is 9.59 Å². The fraction of sp³-hybridized carbons (Fsp3) is 0.222. The van der Waals surface area contributed by atoms with Crippen LogP contribution in [0.25, 0.3) is 0 Å². The summed E-state index contributed by atoms with van der Waals surface area (Å²) in [5, 5.41) is 2.89. The first kappa shape index (κ1) is 14.3. The second-order valence-electron chi connectivity index (χ2n) is 5.67. The Morgan fingerprint density at radius 1 is 0.955 bits per heavy atom. The highest BCUT2D eigenvalue weighted by Gasteiger charge is 2.45. The van der Waals surface area contributed by atoms with Crippen molar-refractivity contribution in [2.24, 2.45) is 5.73 Å². The Morgan fingerprint density at radius 2 is 1.59 bits per heavy atom. The standard InChI is InChI=1S/C18H18N2O2/c19-16(21)14-9-4-5-10-15(14)20-17(22)18(11-6-12-18)13-7-2-1-3-8-13/h1-5,7-10H,6,11-12H2,(H2,19,21)(H,20,22). The van der Waals surface area contributed by atoms with E-state index in [0.717, 1.165) is 24.8 Å². The molecule has 0 heterocycles. The number of nitrogens with two attached hydrogens (primary N) is 1. The van der Waals surface area contributed by atoms with Crippen molar-refractivity contribution in [3.05, 3.63) is 65.7 Å². The van der Waals surface area contributed by atoms with Gasteiger partial charge in [-0.3, -0.25) is 9.59 Å². The van der Waals surface area contributed by atoms with Gasteiger partial charge in [0.05, 0.1) is 16.7 Å². The number of rotatable bonds is 4. The van der Waals surface area contributed by atoms with Crippen molar-refractivity contribution in [1.29, 1.82) is 0 Å². The smallest absolute Gasteiger partial charge is 0.250 e. The van der Waals surface area contributed by atoms with E-state index in [2.05, 4.69) is 5.32 Å². The Balaban J connectivity index is 1.90. The van der Waals surface area contributed by atoms with Crippen LogP contribution in [-0.2, 0) is 10.2 Å². The fourth-order valence-electron chi connectivity index (χ4n) is 2.98. The molecule has 4 heteroatoms. The Kier molecular flexibility index (Phi) is 3.67. The molecule has 0 unspecified atom stereocenters.